The fraction of sp³-hybridized carbons (Fsp3) is 0.375. The third-order valence-corrected chi connectivity index (χ3v) is 6.46. The molecule has 0 bridgehead atoms. The van der Waals surface area contributed by atoms with Gasteiger partial charge in [0, 0.05) is 37.5 Å². The van der Waals surface area contributed by atoms with Crippen molar-refractivity contribution < 1.29 is 18.4 Å². The zero-order valence-corrected chi connectivity index (χ0v) is 18.5. The largest absolute Gasteiger partial charge is 0.342 e. The van der Waals surface area contributed by atoms with E-state index < -0.39 is 12.0 Å². The molecule has 2 N–H and O–H groups in total. The van der Waals surface area contributed by atoms with Gasteiger partial charge in [0.1, 0.15) is 23.5 Å². The van der Waals surface area contributed by atoms with Crippen LogP contribution in [0.3, 0.4) is 0 Å². The van der Waals surface area contributed by atoms with Crippen LogP contribution in [0.15, 0.2) is 30.3 Å². The van der Waals surface area contributed by atoms with Crippen molar-refractivity contribution in [2.45, 2.75) is 39.3 Å². The maximum absolute atomic E-state index is 14.6. The smallest absolute Gasteiger partial charge is 0.264 e. The summed E-state index contributed by atoms with van der Waals surface area (Å²) >= 11 is 0. The van der Waals surface area contributed by atoms with E-state index in [0.717, 1.165) is 6.42 Å². The second-order valence-corrected chi connectivity index (χ2v) is 8.86. The Bertz CT molecular complexity index is 1260. The highest BCUT2D eigenvalue weighted by Gasteiger charge is 2.39. The Morgan fingerprint density at radius 2 is 2.12 bits per heavy atom. The molecule has 3 aromatic rings. The van der Waals surface area contributed by atoms with Gasteiger partial charge < -0.3 is 10.3 Å². The van der Waals surface area contributed by atoms with Crippen LogP contribution in [0.25, 0.3) is 11.0 Å². The normalized spacial score (nSPS) is 19.3. The maximum atomic E-state index is 14.6. The number of hydrogen-bond acceptors (Lipinski definition) is 4. The number of nitrogens with one attached hydrogen (secondary N) is 2. The standard InChI is InChI=1S/C24H25F2N5O2/c1-13-9-15(25)11-19-21(13)28-20(27-19)10-14(2)23(32)29-22-16-5-3-6-18(26)17(16)12-30-7-4-8-31(30)24(22)33/h3,5-6,9,11,14,22H,4,7-8,10,12H2,1-2H3,(H,27,28)(H,29,32)/t14-,22+/m1/s1. The van der Waals surface area contributed by atoms with Gasteiger partial charge in [0.05, 0.1) is 11.0 Å². The summed E-state index contributed by atoms with van der Waals surface area (Å²) in [4.78, 5) is 34.0. The molecule has 0 spiro atoms. The van der Waals surface area contributed by atoms with Crippen molar-refractivity contribution in [1.82, 2.24) is 25.3 Å². The molecule has 3 heterocycles. The number of amides is 2. The molecule has 9 heteroatoms. The first-order valence-electron chi connectivity index (χ1n) is 11.1. The van der Waals surface area contributed by atoms with E-state index in [1.807, 2.05) is 5.01 Å². The Kier molecular flexibility index (Phi) is 5.36. The minimum atomic E-state index is -0.958. The molecule has 1 saturated heterocycles. The molecule has 7 nitrogen and oxygen atoms in total. The van der Waals surface area contributed by atoms with Gasteiger partial charge in [-0.3, -0.25) is 14.6 Å². The van der Waals surface area contributed by atoms with Gasteiger partial charge in [-0.1, -0.05) is 19.1 Å². The monoisotopic (exact) mass is 453 g/mol. The molecule has 0 unspecified atom stereocenters. The molecule has 1 fully saturated rings. The fourth-order valence-corrected chi connectivity index (χ4v) is 4.76. The second kappa shape index (κ2) is 8.22. The van der Waals surface area contributed by atoms with Crippen molar-refractivity contribution in [3.05, 3.63) is 64.5 Å². The van der Waals surface area contributed by atoms with Crippen molar-refractivity contribution in [2.75, 3.05) is 13.1 Å². The maximum Gasteiger partial charge on any atom is 0.264 e. The van der Waals surface area contributed by atoms with Gasteiger partial charge in [-0.05, 0) is 42.7 Å². The number of benzene rings is 2. The molecular formula is C24H25F2N5O2. The quantitative estimate of drug-likeness (QED) is 0.636. The van der Waals surface area contributed by atoms with E-state index in [1.54, 1.807) is 31.0 Å². The lowest BCUT2D eigenvalue weighted by atomic mass is 9.98. The first-order chi connectivity index (χ1) is 15.8. The highest BCUT2D eigenvalue weighted by molar-refractivity contribution is 5.90. The SMILES string of the molecule is Cc1cc(F)cc2[nH]c(C[C@@H](C)C(=O)N[C@@H]3C(=O)N4CCCN4Cc4c(F)cccc43)nc12. The summed E-state index contributed by atoms with van der Waals surface area (Å²) in [5.41, 5.74) is 2.87. The fourth-order valence-electron chi connectivity index (χ4n) is 4.76. The molecule has 172 valence electrons. The highest BCUT2D eigenvalue weighted by Crippen LogP contribution is 2.31. The van der Waals surface area contributed by atoms with Crippen LogP contribution in [0.4, 0.5) is 8.78 Å². The van der Waals surface area contributed by atoms with E-state index in [-0.39, 0.29) is 29.9 Å². The van der Waals surface area contributed by atoms with Crippen LogP contribution in [0.2, 0.25) is 0 Å². The second-order valence-electron chi connectivity index (χ2n) is 8.86. The van der Waals surface area contributed by atoms with Crippen molar-refractivity contribution in [2.24, 2.45) is 5.92 Å². The lowest BCUT2D eigenvalue weighted by Crippen LogP contribution is -2.46. The molecule has 0 aliphatic carbocycles. The van der Waals surface area contributed by atoms with Gasteiger partial charge in [0.15, 0.2) is 0 Å². The number of hydrogen-bond donors (Lipinski definition) is 2. The summed E-state index contributed by atoms with van der Waals surface area (Å²) in [6, 6.07) is 6.47. The number of nitrogens with zero attached hydrogens (tertiary/aromatic N) is 3. The van der Waals surface area contributed by atoms with Crippen LogP contribution in [0.5, 0.6) is 0 Å². The van der Waals surface area contributed by atoms with Crippen molar-refractivity contribution >= 4 is 22.8 Å². The lowest BCUT2D eigenvalue weighted by Gasteiger charge is -2.28. The Balaban J connectivity index is 1.38. The minimum absolute atomic E-state index is 0.257. The van der Waals surface area contributed by atoms with Crippen LogP contribution in [0.1, 0.15) is 41.9 Å². The predicted molar refractivity (Wildman–Crippen MR) is 118 cm³/mol. The van der Waals surface area contributed by atoms with Crippen LogP contribution in [0, 0.1) is 24.5 Å². The molecule has 2 amide bonds. The number of aryl methyl sites for hydroxylation is 1. The third-order valence-electron chi connectivity index (χ3n) is 6.46. The van der Waals surface area contributed by atoms with Crippen molar-refractivity contribution in [1.29, 1.82) is 0 Å². The Morgan fingerprint density at radius 1 is 1.30 bits per heavy atom. The number of aromatic nitrogens is 2. The molecule has 2 aliphatic heterocycles. The zero-order valence-electron chi connectivity index (χ0n) is 18.5. The molecular weight excluding hydrogens is 428 g/mol. The summed E-state index contributed by atoms with van der Waals surface area (Å²) in [6.07, 6.45) is 1.09. The number of carbonyl (C=O) groups is 2. The summed E-state index contributed by atoms with van der Waals surface area (Å²) in [6.45, 7) is 5.03. The number of imidazole rings is 1. The summed E-state index contributed by atoms with van der Waals surface area (Å²) in [5.74, 6) is -1.28. The van der Waals surface area contributed by atoms with Crippen LogP contribution in [-0.2, 0) is 22.6 Å². The molecule has 0 radical (unpaired) electrons. The number of rotatable bonds is 4. The third kappa shape index (κ3) is 3.86. The number of halogens is 2. The van der Waals surface area contributed by atoms with E-state index >= 15 is 0 Å². The van der Waals surface area contributed by atoms with Gasteiger partial charge >= 0.3 is 0 Å². The van der Waals surface area contributed by atoms with Crippen LogP contribution >= 0.6 is 0 Å². The summed E-state index contributed by atoms with van der Waals surface area (Å²) < 4.78 is 28.3. The highest BCUT2D eigenvalue weighted by atomic mass is 19.1. The number of hydrazine groups is 1. The topological polar surface area (TPSA) is 81.3 Å². The Labute approximate surface area is 189 Å². The molecule has 2 atom stereocenters. The number of aromatic amines is 1. The number of fused-ring (bicyclic) bond motifs is 3. The molecule has 2 aliphatic rings. The molecule has 5 rings (SSSR count). The average molecular weight is 453 g/mol. The number of H-pyrrole nitrogens is 1. The van der Waals surface area contributed by atoms with Crippen molar-refractivity contribution in [3.63, 3.8) is 0 Å². The van der Waals surface area contributed by atoms with Gasteiger partial charge in [0.25, 0.3) is 5.91 Å². The van der Waals surface area contributed by atoms with Crippen LogP contribution in [-0.4, -0.2) is 44.9 Å². The van der Waals surface area contributed by atoms with Crippen molar-refractivity contribution in [3.8, 4) is 0 Å². The van der Waals surface area contributed by atoms with Crippen LogP contribution < -0.4 is 5.32 Å². The first-order valence-corrected chi connectivity index (χ1v) is 11.1. The van der Waals surface area contributed by atoms with E-state index in [1.165, 1.54) is 18.2 Å². The first kappa shape index (κ1) is 21.5. The van der Waals surface area contributed by atoms with Gasteiger partial charge in [0.2, 0.25) is 5.91 Å². The van der Waals surface area contributed by atoms with E-state index in [9.17, 15) is 18.4 Å². The predicted octanol–water partition coefficient (Wildman–Crippen LogP) is 3.15. The van der Waals surface area contributed by atoms with Gasteiger partial charge in [-0.25, -0.2) is 18.8 Å². The van der Waals surface area contributed by atoms with E-state index in [4.69, 9.17) is 0 Å². The van der Waals surface area contributed by atoms with Gasteiger partial charge in [-0.2, -0.15) is 0 Å². The Hall–Kier alpha value is -3.33. The van der Waals surface area contributed by atoms with E-state index in [0.29, 0.717) is 53.2 Å². The molecule has 33 heavy (non-hydrogen) atoms. The minimum Gasteiger partial charge on any atom is -0.342 e. The average Bonchev–Trinajstić information content (AvgIpc) is 3.37. The summed E-state index contributed by atoms with van der Waals surface area (Å²) in [5, 5.41) is 6.31. The molecule has 0 saturated carbocycles. The lowest BCUT2D eigenvalue weighted by molar-refractivity contribution is -0.148. The summed E-state index contributed by atoms with van der Waals surface area (Å²) in [7, 11) is 0. The van der Waals surface area contributed by atoms with Gasteiger partial charge in [-0.15, -0.1) is 0 Å². The number of carbonyl (C=O) groups excluding carboxylic acids is 2. The molecule has 1 aromatic heterocycles. The molecule has 2 aromatic carbocycles. The van der Waals surface area contributed by atoms with E-state index in [2.05, 4.69) is 15.3 Å². The zero-order chi connectivity index (χ0) is 23.3. The Morgan fingerprint density at radius 3 is 2.94 bits per heavy atom.